The minimum atomic E-state index is 0.127. The molecule has 6 heteroatoms. The van der Waals surface area contributed by atoms with Gasteiger partial charge in [0.25, 0.3) is 0 Å². The standard InChI is InChI=1S/C26H15ClN4O/c27-26-30-24(18-12-10-17(11-13-18)16-6-2-1-3-7-16)29-25(31-26)20-14-28-15-22-23(20)19-8-4-5-9-21(19)32-22/h1-15H. The number of rotatable bonds is 3. The molecule has 0 unspecified atom stereocenters. The Labute approximate surface area is 188 Å². The topological polar surface area (TPSA) is 64.7 Å². The molecular weight excluding hydrogens is 420 g/mol. The van der Waals surface area contributed by atoms with Crippen LogP contribution >= 0.6 is 11.6 Å². The van der Waals surface area contributed by atoms with E-state index < -0.39 is 0 Å². The van der Waals surface area contributed by atoms with Crippen LogP contribution in [0.3, 0.4) is 0 Å². The Morgan fingerprint density at radius 3 is 2.12 bits per heavy atom. The minimum Gasteiger partial charge on any atom is -0.454 e. The lowest BCUT2D eigenvalue weighted by molar-refractivity contribution is 0.667. The summed E-state index contributed by atoms with van der Waals surface area (Å²) in [6, 6.07) is 26.1. The number of halogens is 1. The first kappa shape index (κ1) is 18.7. The monoisotopic (exact) mass is 434 g/mol. The molecule has 0 amide bonds. The molecule has 6 rings (SSSR count). The number of para-hydroxylation sites is 1. The third-order valence-electron chi connectivity index (χ3n) is 5.39. The zero-order valence-electron chi connectivity index (χ0n) is 16.7. The summed E-state index contributed by atoms with van der Waals surface area (Å²) in [5.74, 6) is 0.959. The molecule has 152 valence electrons. The van der Waals surface area contributed by atoms with Gasteiger partial charge in [0.1, 0.15) is 5.58 Å². The molecule has 6 aromatic rings. The third-order valence-corrected chi connectivity index (χ3v) is 5.56. The molecule has 0 aliphatic rings. The van der Waals surface area contributed by atoms with Crippen LogP contribution in [0.2, 0.25) is 5.28 Å². The minimum absolute atomic E-state index is 0.127. The van der Waals surface area contributed by atoms with Gasteiger partial charge in [0.2, 0.25) is 5.28 Å². The molecule has 5 nitrogen and oxygen atoms in total. The average Bonchev–Trinajstić information content (AvgIpc) is 3.23. The maximum Gasteiger partial charge on any atom is 0.226 e. The van der Waals surface area contributed by atoms with Crippen LogP contribution in [0, 0.1) is 0 Å². The highest BCUT2D eigenvalue weighted by Gasteiger charge is 2.17. The quantitative estimate of drug-likeness (QED) is 0.305. The highest BCUT2D eigenvalue weighted by atomic mass is 35.5. The Hall–Kier alpha value is -4.09. The lowest BCUT2D eigenvalue weighted by Crippen LogP contribution is -1.98. The van der Waals surface area contributed by atoms with Crippen LogP contribution in [0.15, 0.2) is 95.7 Å². The van der Waals surface area contributed by atoms with Gasteiger partial charge in [-0.25, -0.2) is 4.98 Å². The van der Waals surface area contributed by atoms with Gasteiger partial charge in [0.15, 0.2) is 17.2 Å². The Bertz CT molecular complexity index is 1580. The molecule has 3 aromatic carbocycles. The first-order chi connectivity index (χ1) is 15.8. The van der Waals surface area contributed by atoms with Gasteiger partial charge in [-0.05, 0) is 28.8 Å². The first-order valence-corrected chi connectivity index (χ1v) is 10.5. The first-order valence-electron chi connectivity index (χ1n) is 10.1. The predicted octanol–water partition coefficient (Wildman–Crippen LogP) is 6.82. The number of furan rings is 1. The number of benzene rings is 3. The predicted molar refractivity (Wildman–Crippen MR) is 126 cm³/mol. The van der Waals surface area contributed by atoms with E-state index in [0.717, 1.165) is 38.6 Å². The summed E-state index contributed by atoms with van der Waals surface area (Å²) in [6.07, 6.45) is 3.43. The molecule has 3 heterocycles. The fourth-order valence-corrected chi connectivity index (χ4v) is 4.05. The number of hydrogen-bond donors (Lipinski definition) is 0. The van der Waals surface area contributed by atoms with Crippen LogP contribution < -0.4 is 0 Å². The lowest BCUT2D eigenvalue weighted by Gasteiger charge is -2.07. The van der Waals surface area contributed by atoms with Gasteiger partial charge < -0.3 is 4.42 Å². The van der Waals surface area contributed by atoms with Crippen LogP contribution in [0.25, 0.3) is 55.8 Å². The lowest BCUT2D eigenvalue weighted by atomic mass is 10.0. The second-order valence-corrected chi connectivity index (χ2v) is 7.69. The van der Waals surface area contributed by atoms with E-state index in [4.69, 9.17) is 21.0 Å². The third kappa shape index (κ3) is 3.20. The van der Waals surface area contributed by atoms with E-state index in [1.54, 1.807) is 12.4 Å². The zero-order chi connectivity index (χ0) is 21.5. The van der Waals surface area contributed by atoms with Gasteiger partial charge in [0, 0.05) is 28.1 Å². The Morgan fingerprint density at radius 2 is 1.28 bits per heavy atom. The van der Waals surface area contributed by atoms with E-state index in [2.05, 4.69) is 27.1 Å². The second-order valence-electron chi connectivity index (χ2n) is 7.35. The van der Waals surface area contributed by atoms with Crippen molar-refractivity contribution in [2.75, 3.05) is 0 Å². The summed E-state index contributed by atoms with van der Waals surface area (Å²) in [5.41, 5.74) is 5.33. The molecule has 0 aliphatic heterocycles. The van der Waals surface area contributed by atoms with E-state index >= 15 is 0 Å². The van der Waals surface area contributed by atoms with E-state index in [9.17, 15) is 0 Å². The fourth-order valence-electron chi connectivity index (χ4n) is 3.89. The number of nitrogens with zero attached hydrogens (tertiary/aromatic N) is 4. The zero-order valence-corrected chi connectivity index (χ0v) is 17.5. The van der Waals surface area contributed by atoms with E-state index in [1.807, 2.05) is 66.7 Å². The summed E-state index contributed by atoms with van der Waals surface area (Å²) in [6.45, 7) is 0. The maximum atomic E-state index is 6.31. The largest absolute Gasteiger partial charge is 0.454 e. The molecule has 0 radical (unpaired) electrons. The Morgan fingerprint density at radius 1 is 0.594 bits per heavy atom. The van der Waals surface area contributed by atoms with Gasteiger partial charge in [-0.15, -0.1) is 0 Å². The molecule has 0 bridgehead atoms. The van der Waals surface area contributed by atoms with Crippen molar-refractivity contribution in [3.63, 3.8) is 0 Å². The molecule has 0 saturated carbocycles. The molecule has 0 saturated heterocycles. The van der Waals surface area contributed by atoms with Gasteiger partial charge in [0.05, 0.1) is 6.20 Å². The van der Waals surface area contributed by atoms with Crippen molar-refractivity contribution in [2.24, 2.45) is 0 Å². The molecule has 0 aliphatic carbocycles. The molecule has 0 N–H and O–H groups in total. The Balaban J connectivity index is 1.48. The maximum absolute atomic E-state index is 6.31. The molecule has 32 heavy (non-hydrogen) atoms. The van der Waals surface area contributed by atoms with E-state index in [1.165, 1.54) is 0 Å². The van der Waals surface area contributed by atoms with Crippen molar-refractivity contribution in [1.82, 2.24) is 19.9 Å². The second kappa shape index (κ2) is 7.55. The van der Waals surface area contributed by atoms with Gasteiger partial charge in [-0.1, -0.05) is 72.8 Å². The highest BCUT2D eigenvalue weighted by Crippen LogP contribution is 2.35. The molecule has 0 spiro atoms. The van der Waals surface area contributed by atoms with Crippen LogP contribution in [0.5, 0.6) is 0 Å². The van der Waals surface area contributed by atoms with Crippen molar-refractivity contribution in [3.05, 3.63) is 96.5 Å². The van der Waals surface area contributed by atoms with Gasteiger partial charge in [-0.3, -0.25) is 4.98 Å². The Kier molecular flexibility index (Phi) is 4.40. The summed E-state index contributed by atoms with van der Waals surface area (Å²) in [4.78, 5) is 17.8. The summed E-state index contributed by atoms with van der Waals surface area (Å²) >= 11 is 6.31. The molecular formula is C26H15ClN4O. The number of pyridine rings is 1. The highest BCUT2D eigenvalue weighted by molar-refractivity contribution is 6.28. The van der Waals surface area contributed by atoms with Crippen LogP contribution in [0.1, 0.15) is 0 Å². The number of aromatic nitrogens is 4. The summed E-state index contributed by atoms with van der Waals surface area (Å²) in [5, 5.41) is 2.01. The van der Waals surface area contributed by atoms with Gasteiger partial charge >= 0.3 is 0 Å². The summed E-state index contributed by atoms with van der Waals surface area (Å²) in [7, 11) is 0. The van der Waals surface area contributed by atoms with Crippen LogP contribution in [-0.2, 0) is 0 Å². The van der Waals surface area contributed by atoms with E-state index in [-0.39, 0.29) is 5.28 Å². The smallest absolute Gasteiger partial charge is 0.226 e. The average molecular weight is 435 g/mol. The molecule has 0 fully saturated rings. The molecule has 0 atom stereocenters. The SMILES string of the molecule is Clc1nc(-c2ccc(-c3ccccc3)cc2)nc(-c2cncc3oc4ccccc4c23)n1. The van der Waals surface area contributed by atoms with Crippen molar-refractivity contribution in [1.29, 1.82) is 0 Å². The normalized spacial score (nSPS) is 11.3. The van der Waals surface area contributed by atoms with Crippen molar-refractivity contribution < 1.29 is 4.42 Å². The van der Waals surface area contributed by atoms with Crippen LogP contribution in [-0.4, -0.2) is 19.9 Å². The van der Waals surface area contributed by atoms with Crippen molar-refractivity contribution in [2.45, 2.75) is 0 Å². The molecule has 3 aromatic heterocycles. The summed E-state index contributed by atoms with van der Waals surface area (Å²) < 4.78 is 5.95. The van der Waals surface area contributed by atoms with Crippen LogP contribution in [0.4, 0.5) is 0 Å². The number of fused-ring (bicyclic) bond motifs is 3. The van der Waals surface area contributed by atoms with Crippen molar-refractivity contribution >= 4 is 33.5 Å². The van der Waals surface area contributed by atoms with Crippen molar-refractivity contribution in [3.8, 4) is 33.9 Å². The van der Waals surface area contributed by atoms with E-state index in [0.29, 0.717) is 17.2 Å². The fraction of sp³-hybridized carbons (Fsp3) is 0. The number of hydrogen-bond acceptors (Lipinski definition) is 5. The van der Waals surface area contributed by atoms with Gasteiger partial charge in [-0.2, -0.15) is 9.97 Å².